The number of hydrazone groups is 1. The Morgan fingerprint density at radius 2 is 1.70 bits per heavy atom. The highest BCUT2D eigenvalue weighted by Crippen LogP contribution is 2.36. The molecule has 12 nitrogen and oxygen atoms in total. The Hall–Kier alpha value is -5.69. The fraction of sp³-hybridized carbons (Fsp3) is 0.147. The van der Waals surface area contributed by atoms with Crippen LogP contribution in [0, 0.1) is 30.9 Å². The number of para-hydroxylation sites is 1. The number of nitro groups is 1. The van der Waals surface area contributed by atoms with Gasteiger partial charge in [0, 0.05) is 34.4 Å². The maximum absolute atomic E-state index is 12.6. The predicted molar refractivity (Wildman–Crippen MR) is 179 cm³/mol. The average Bonchev–Trinajstić information content (AvgIpc) is 3.66. The van der Waals surface area contributed by atoms with Gasteiger partial charge in [-0.05, 0) is 103 Å². The maximum atomic E-state index is 12.6. The first-order valence-corrected chi connectivity index (χ1v) is 15.1. The third-order valence-electron chi connectivity index (χ3n) is 7.02. The number of anilines is 1. The number of ether oxygens (including phenoxy) is 2. The Morgan fingerprint density at radius 3 is 2.40 bits per heavy atom. The first kappa shape index (κ1) is 32.7. The molecular weight excluding hydrogens is 670 g/mol. The minimum Gasteiger partial charge on any atom is -0.486 e. The molecule has 0 fully saturated rings. The molecule has 5 rings (SSSR count). The van der Waals surface area contributed by atoms with E-state index in [9.17, 15) is 19.7 Å². The first-order chi connectivity index (χ1) is 22.6. The molecule has 0 atom stereocenters. The molecule has 2 aromatic heterocycles. The van der Waals surface area contributed by atoms with Crippen LogP contribution in [-0.2, 0) is 11.4 Å². The van der Waals surface area contributed by atoms with Gasteiger partial charge < -0.3 is 23.8 Å². The summed E-state index contributed by atoms with van der Waals surface area (Å²) in [6, 6.07) is 24.8. The first-order valence-electron chi connectivity index (χ1n) is 14.4. The molecule has 0 unspecified atom stereocenters. The molecular formula is C34H30BrN5O7. The Labute approximate surface area is 278 Å². The second kappa shape index (κ2) is 14.6. The van der Waals surface area contributed by atoms with Crippen molar-refractivity contribution in [3.05, 3.63) is 134 Å². The Morgan fingerprint density at radius 1 is 0.979 bits per heavy atom. The van der Waals surface area contributed by atoms with Gasteiger partial charge in [0.25, 0.3) is 5.91 Å². The number of hydrogen-bond acceptors (Lipinski definition) is 8. The smallest absolute Gasteiger partial charge is 0.312 e. The van der Waals surface area contributed by atoms with Crippen LogP contribution in [0.1, 0.15) is 38.8 Å². The van der Waals surface area contributed by atoms with Gasteiger partial charge in [-0.2, -0.15) is 5.10 Å². The fourth-order valence-corrected chi connectivity index (χ4v) is 5.29. The Balaban J connectivity index is 1.15. The number of rotatable bonds is 12. The molecule has 0 saturated carbocycles. The maximum Gasteiger partial charge on any atom is 0.312 e. The Bertz CT molecular complexity index is 1940. The highest BCUT2D eigenvalue weighted by molar-refractivity contribution is 9.10. The van der Waals surface area contributed by atoms with E-state index in [1.165, 1.54) is 24.4 Å². The minimum absolute atomic E-state index is 0.00883. The molecule has 3 aromatic carbocycles. The van der Waals surface area contributed by atoms with Gasteiger partial charge >= 0.3 is 11.6 Å². The van der Waals surface area contributed by atoms with Crippen molar-refractivity contribution >= 4 is 45.3 Å². The molecule has 2 amide bonds. The van der Waals surface area contributed by atoms with Gasteiger partial charge in [0.05, 0.1) is 15.6 Å². The molecule has 0 saturated heterocycles. The molecule has 0 aliphatic heterocycles. The van der Waals surface area contributed by atoms with Gasteiger partial charge in [-0.1, -0.05) is 18.2 Å². The van der Waals surface area contributed by atoms with Gasteiger partial charge in [0.2, 0.25) is 5.75 Å². The second-order valence-electron chi connectivity index (χ2n) is 10.5. The lowest BCUT2D eigenvalue weighted by Gasteiger charge is -2.11. The lowest BCUT2D eigenvalue weighted by atomic mass is 10.2. The molecule has 0 spiro atoms. The fourth-order valence-electron chi connectivity index (χ4n) is 4.71. The number of nitrogens with one attached hydrogen (secondary N) is 2. The minimum atomic E-state index is -0.639. The number of aromatic nitrogens is 1. The number of halogens is 1. The number of carbonyl (C=O) groups excluding carboxylic acids is 2. The summed E-state index contributed by atoms with van der Waals surface area (Å²) in [5, 5.41) is 18.4. The predicted octanol–water partition coefficient (Wildman–Crippen LogP) is 7.03. The molecule has 5 aromatic rings. The van der Waals surface area contributed by atoms with Crippen LogP contribution in [0.5, 0.6) is 11.5 Å². The second-order valence-corrected chi connectivity index (χ2v) is 11.3. The summed E-state index contributed by atoms with van der Waals surface area (Å²) in [7, 11) is 0. The number of nitro benzene ring substituents is 1. The highest BCUT2D eigenvalue weighted by Gasteiger charge is 2.21. The number of furan rings is 1. The van der Waals surface area contributed by atoms with Crippen LogP contribution in [0.2, 0.25) is 0 Å². The van der Waals surface area contributed by atoms with E-state index < -0.39 is 29.0 Å². The molecule has 0 aliphatic carbocycles. The van der Waals surface area contributed by atoms with Crippen LogP contribution >= 0.6 is 15.9 Å². The summed E-state index contributed by atoms with van der Waals surface area (Å²) in [5.41, 5.74) is 7.01. The number of carbonyl (C=O) groups is 2. The number of nitrogens with zero attached hydrogens (tertiary/aromatic N) is 3. The van der Waals surface area contributed by atoms with Gasteiger partial charge in [-0.3, -0.25) is 19.7 Å². The van der Waals surface area contributed by atoms with E-state index in [1.807, 2.05) is 57.2 Å². The summed E-state index contributed by atoms with van der Waals surface area (Å²) in [5.74, 6) is -0.136. The molecule has 2 N–H and O–H groups in total. The monoisotopic (exact) mass is 699 g/mol. The van der Waals surface area contributed by atoms with E-state index in [-0.39, 0.29) is 22.6 Å². The van der Waals surface area contributed by atoms with Crippen molar-refractivity contribution in [1.29, 1.82) is 0 Å². The van der Waals surface area contributed by atoms with Crippen molar-refractivity contribution in [3.63, 3.8) is 0 Å². The molecule has 0 radical (unpaired) electrons. The lowest BCUT2D eigenvalue weighted by Crippen LogP contribution is -2.21. The van der Waals surface area contributed by atoms with Crippen LogP contribution in [0.25, 0.3) is 5.69 Å². The van der Waals surface area contributed by atoms with Gasteiger partial charge in [-0.25, -0.2) is 5.43 Å². The standard InChI is InChI=1S/C34H30BrN5O7/c1-21-6-4-5-7-29(21)37-32(41)20-46-33-28(35)16-24(17-30(33)40(43)44)18-36-38-34(42)31-15-14-27(47-31)19-45-26-12-10-25(11-13-26)39-22(2)8-9-23(39)3/h4-18H,19-20H2,1-3H3,(H,37,41)(H,38,42)/b36-18+. The molecule has 0 bridgehead atoms. The van der Waals surface area contributed by atoms with Crippen LogP contribution in [0.3, 0.4) is 0 Å². The summed E-state index contributed by atoms with van der Waals surface area (Å²) >= 11 is 3.27. The summed E-state index contributed by atoms with van der Waals surface area (Å²) in [4.78, 5) is 36.1. The highest BCUT2D eigenvalue weighted by atomic mass is 79.9. The van der Waals surface area contributed by atoms with Crippen molar-refractivity contribution in [2.75, 3.05) is 11.9 Å². The van der Waals surface area contributed by atoms with Crippen molar-refractivity contribution in [2.24, 2.45) is 5.10 Å². The average molecular weight is 701 g/mol. The number of hydrogen-bond donors (Lipinski definition) is 2. The zero-order valence-corrected chi connectivity index (χ0v) is 27.2. The largest absolute Gasteiger partial charge is 0.486 e. The van der Waals surface area contributed by atoms with Crippen LogP contribution < -0.4 is 20.2 Å². The number of aryl methyl sites for hydroxylation is 3. The third-order valence-corrected chi connectivity index (χ3v) is 7.61. The number of amides is 2. The third kappa shape index (κ3) is 8.13. The molecule has 47 heavy (non-hydrogen) atoms. The lowest BCUT2D eigenvalue weighted by molar-refractivity contribution is -0.385. The van der Waals surface area contributed by atoms with E-state index in [0.29, 0.717) is 22.8 Å². The van der Waals surface area contributed by atoms with E-state index in [1.54, 1.807) is 18.2 Å². The van der Waals surface area contributed by atoms with Crippen molar-refractivity contribution < 1.29 is 28.4 Å². The van der Waals surface area contributed by atoms with Crippen molar-refractivity contribution in [3.8, 4) is 17.2 Å². The van der Waals surface area contributed by atoms with Gasteiger partial charge in [0.1, 0.15) is 18.1 Å². The topological polar surface area (TPSA) is 150 Å². The number of benzene rings is 3. The summed E-state index contributed by atoms with van der Waals surface area (Å²) in [6.07, 6.45) is 1.23. The zero-order chi connectivity index (χ0) is 33.5. The zero-order valence-electron chi connectivity index (χ0n) is 25.7. The summed E-state index contributed by atoms with van der Waals surface area (Å²) < 4.78 is 19.3. The van der Waals surface area contributed by atoms with Crippen molar-refractivity contribution in [2.45, 2.75) is 27.4 Å². The van der Waals surface area contributed by atoms with E-state index >= 15 is 0 Å². The van der Waals surface area contributed by atoms with Crippen LogP contribution in [0.15, 0.2) is 98.9 Å². The Kier molecular flexibility index (Phi) is 10.2. The summed E-state index contributed by atoms with van der Waals surface area (Å²) in [6.45, 7) is 5.59. The van der Waals surface area contributed by atoms with E-state index in [4.69, 9.17) is 13.9 Å². The molecule has 2 heterocycles. The van der Waals surface area contributed by atoms with E-state index in [2.05, 4.69) is 48.5 Å². The SMILES string of the molecule is Cc1ccccc1NC(=O)COc1c(Br)cc(/C=N/NC(=O)c2ccc(COc3ccc(-n4c(C)ccc4C)cc3)o2)cc1[N+](=O)[O-]. The van der Waals surface area contributed by atoms with Gasteiger partial charge in [-0.15, -0.1) is 0 Å². The van der Waals surface area contributed by atoms with Crippen LogP contribution in [0.4, 0.5) is 11.4 Å². The van der Waals surface area contributed by atoms with E-state index in [0.717, 1.165) is 22.6 Å². The van der Waals surface area contributed by atoms with Crippen molar-refractivity contribution in [1.82, 2.24) is 9.99 Å². The normalized spacial score (nSPS) is 11.0. The molecule has 0 aliphatic rings. The quantitative estimate of drug-likeness (QED) is 0.0806. The van der Waals surface area contributed by atoms with Crippen LogP contribution in [-0.4, -0.2) is 34.1 Å². The molecule has 13 heteroatoms. The van der Waals surface area contributed by atoms with Gasteiger partial charge in [0.15, 0.2) is 12.4 Å². The molecule has 240 valence electrons.